The van der Waals surface area contributed by atoms with Crippen molar-refractivity contribution in [1.29, 1.82) is 0 Å². The first-order valence-electron chi connectivity index (χ1n) is 8.37. The van der Waals surface area contributed by atoms with Gasteiger partial charge < -0.3 is 15.7 Å². The molecule has 26 heavy (non-hydrogen) atoms. The van der Waals surface area contributed by atoms with E-state index in [0.717, 1.165) is 17.8 Å². The fourth-order valence-electron chi connectivity index (χ4n) is 2.71. The van der Waals surface area contributed by atoms with Crippen LogP contribution in [0.15, 0.2) is 72.8 Å². The molecule has 0 amide bonds. The summed E-state index contributed by atoms with van der Waals surface area (Å²) in [7, 11) is 0. The number of hydrogen-bond donors (Lipinski definition) is 3. The molecule has 3 aromatic rings. The first-order chi connectivity index (χ1) is 12.6. The van der Waals surface area contributed by atoms with Gasteiger partial charge in [0.25, 0.3) is 0 Å². The topological polar surface area (TPSA) is 44.3 Å². The molecule has 0 aliphatic rings. The highest BCUT2D eigenvalue weighted by Crippen LogP contribution is 2.29. The van der Waals surface area contributed by atoms with E-state index in [1.54, 1.807) is 12.1 Å². The SMILES string of the molecule is Oc1ccc(N[C@@H](CNCc2ccccc2)c2ccc(Cl)cc2)c(Cl)c1. The number of anilines is 1. The molecule has 0 spiro atoms. The van der Waals surface area contributed by atoms with Gasteiger partial charge in [-0.15, -0.1) is 0 Å². The van der Waals surface area contributed by atoms with E-state index < -0.39 is 0 Å². The summed E-state index contributed by atoms with van der Waals surface area (Å²) in [5, 5.41) is 17.7. The second kappa shape index (κ2) is 8.95. The summed E-state index contributed by atoms with van der Waals surface area (Å²) in [5.74, 6) is 0.144. The Hall–Kier alpha value is -2.20. The maximum Gasteiger partial charge on any atom is 0.117 e. The van der Waals surface area contributed by atoms with Crippen molar-refractivity contribution in [3.8, 4) is 5.75 Å². The lowest BCUT2D eigenvalue weighted by molar-refractivity contribution is 0.475. The van der Waals surface area contributed by atoms with Gasteiger partial charge in [0.2, 0.25) is 0 Å². The Bertz CT molecular complexity index is 838. The Balaban J connectivity index is 1.74. The van der Waals surface area contributed by atoms with E-state index in [4.69, 9.17) is 23.2 Å². The van der Waals surface area contributed by atoms with Gasteiger partial charge in [-0.3, -0.25) is 0 Å². The number of benzene rings is 3. The molecule has 1 atom stereocenters. The van der Waals surface area contributed by atoms with Crippen molar-refractivity contribution in [3.63, 3.8) is 0 Å². The van der Waals surface area contributed by atoms with Gasteiger partial charge in [0.05, 0.1) is 16.8 Å². The third-order valence-electron chi connectivity index (χ3n) is 4.08. The molecule has 0 bridgehead atoms. The molecule has 0 heterocycles. The average molecular weight is 387 g/mol. The highest BCUT2D eigenvalue weighted by molar-refractivity contribution is 6.33. The summed E-state index contributed by atoms with van der Waals surface area (Å²) in [6, 6.07) is 22.9. The van der Waals surface area contributed by atoms with Crippen molar-refractivity contribution < 1.29 is 5.11 Å². The lowest BCUT2D eigenvalue weighted by atomic mass is 10.1. The van der Waals surface area contributed by atoms with Crippen LogP contribution >= 0.6 is 23.2 Å². The molecule has 0 aliphatic carbocycles. The highest BCUT2D eigenvalue weighted by Gasteiger charge is 2.13. The standard InChI is InChI=1S/C21H20Cl2N2O/c22-17-8-6-16(7-9-17)21(14-24-13-15-4-2-1-3-5-15)25-20-11-10-18(26)12-19(20)23/h1-12,21,24-26H,13-14H2/t21-/m0/s1. The van der Waals surface area contributed by atoms with Crippen LogP contribution in [0.1, 0.15) is 17.2 Å². The number of phenolic OH excluding ortho intramolecular Hbond substituents is 1. The summed E-state index contributed by atoms with van der Waals surface area (Å²) in [6.45, 7) is 1.48. The van der Waals surface area contributed by atoms with Gasteiger partial charge in [0, 0.05) is 24.2 Å². The fourth-order valence-corrected chi connectivity index (χ4v) is 3.07. The fraction of sp³-hybridized carbons (Fsp3) is 0.143. The molecule has 3 aromatic carbocycles. The zero-order chi connectivity index (χ0) is 18.4. The summed E-state index contributed by atoms with van der Waals surface area (Å²) >= 11 is 12.3. The van der Waals surface area contributed by atoms with E-state index in [0.29, 0.717) is 16.6 Å². The first-order valence-corrected chi connectivity index (χ1v) is 9.12. The zero-order valence-corrected chi connectivity index (χ0v) is 15.6. The minimum Gasteiger partial charge on any atom is -0.508 e. The number of hydrogen-bond acceptors (Lipinski definition) is 3. The smallest absolute Gasteiger partial charge is 0.117 e. The van der Waals surface area contributed by atoms with Crippen LogP contribution in [0.5, 0.6) is 5.75 Å². The molecule has 3 nitrogen and oxygen atoms in total. The second-order valence-electron chi connectivity index (χ2n) is 6.03. The highest BCUT2D eigenvalue weighted by atomic mass is 35.5. The van der Waals surface area contributed by atoms with E-state index in [1.807, 2.05) is 42.5 Å². The molecule has 0 aliphatic heterocycles. The van der Waals surface area contributed by atoms with E-state index >= 15 is 0 Å². The van der Waals surface area contributed by atoms with Crippen LogP contribution < -0.4 is 10.6 Å². The molecule has 134 valence electrons. The number of phenols is 1. The molecule has 0 saturated heterocycles. The van der Waals surface area contributed by atoms with Crippen molar-refractivity contribution in [3.05, 3.63) is 94.0 Å². The van der Waals surface area contributed by atoms with Crippen molar-refractivity contribution in [1.82, 2.24) is 5.32 Å². The number of nitrogens with one attached hydrogen (secondary N) is 2. The summed E-state index contributed by atoms with van der Waals surface area (Å²) in [6.07, 6.45) is 0. The van der Waals surface area contributed by atoms with Crippen LogP contribution in [0.25, 0.3) is 0 Å². The quantitative estimate of drug-likeness (QED) is 0.460. The Morgan fingerprint density at radius 2 is 1.62 bits per heavy atom. The molecule has 0 radical (unpaired) electrons. The number of halogens is 2. The summed E-state index contributed by atoms with van der Waals surface area (Å²) < 4.78 is 0. The van der Waals surface area contributed by atoms with Gasteiger partial charge in [-0.1, -0.05) is 65.7 Å². The van der Waals surface area contributed by atoms with Gasteiger partial charge in [-0.05, 0) is 35.4 Å². The van der Waals surface area contributed by atoms with Crippen molar-refractivity contribution in [2.24, 2.45) is 0 Å². The Labute approximate surface area is 163 Å². The number of rotatable bonds is 7. The molecular weight excluding hydrogens is 367 g/mol. The van der Waals surface area contributed by atoms with Crippen LogP contribution in [0.3, 0.4) is 0 Å². The van der Waals surface area contributed by atoms with Gasteiger partial charge in [-0.2, -0.15) is 0 Å². The van der Waals surface area contributed by atoms with Crippen LogP contribution in [-0.2, 0) is 6.54 Å². The van der Waals surface area contributed by atoms with E-state index in [2.05, 4.69) is 22.8 Å². The van der Waals surface area contributed by atoms with Crippen LogP contribution in [-0.4, -0.2) is 11.7 Å². The first kappa shape index (κ1) is 18.6. The predicted octanol–water partition coefficient (Wildman–Crippen LogP) is 5.64. The lowest BCUT2D eigenvalue weighted by Crippen LogP contribution is -2.26. The maximum atomic E-state index is 9.55. The minimum atomic E-state index is -0.00183. The molecule has 0 saturated carbocycles. The number of aromatic hydroxyl groups is 1. The lowest BCUT2D eigenvalue weighted by Gasteiger charge is -2.22. The van der Waals surface area contributed by atoms with Gasteiger partial charge in [-0.25, -0.2) is 0 Å². The molecule has 0 unspecified atom stereocenters. The Kier molecular flexibility index (Phi) is 6.40. The predicted molar refractivity (Wildman–Crippen MR) is 109 cm³/mol. The van der Waals surface area contributed by atoms with Gasteiger partial charge >= 0.3 is 0 Å². The molecule has 0 fully saturated rings. The minimum absolute atomic E-state index is 0.00183. The van der Waals surface area contributed by atoms with Crippen molar-refractivity contribution >= 4 is 28.9 Å². The maximum absolute atomic E-state index is 9.55. The second-order valence-corrected chi connectivity index (χ2v) is 6.87. The molecule has 3 N–H and O–H groups in total. The monoisotopic (exact) mass is 386 g/mol. The molecule has 0 aromatic heterocycles. The summed E-state index contributed by atoms with van der Waals surface area (Å²) in [4.78, 5) is 0. The van der Waals surface area contributed by atoms with E-state index in [9.17, 15) is 5.11 Å². The Morgan fingerprint density at radius 1 is 0.885 bits per heavy atom. The molecule has 3 rings (SSSR count). The third-order valence-corrected chi connectivity index (χ3v) is 4.64. The molecule has 5 heteroatoms. The van der Waals surface area contributed by atoms with Gasteiger partial charge in [0.15, 0.2) is 0 Å². The molecular formula is C21H20Cl2N2O. The Morgan fingerprint density at radius 3 is 2.31 bits per heavy atom. The van der Waals surface area contributed by atoms with Crippen LogP contribution in [0.4, 0.5) is 5.69 Å². The van der Waals surface area contributed by atoms with Crippen molar-refractivity contribution in [2.45, 2.75) is 12.6 Å². The third kappa shape index (κ3) is 5.15. The van der Waals surface area contributed by atoms with Gasteiger partial charge in [0.1, 0.15) is 5.75 Å². The normalized spacial score (nSPS) is 11.9. The largest absolute Gasteiger partial charge is 0.508 e. The average Bonchev–Trinajstić information content (AvgIpc) is 2.64. The van der Waals surface area contributed by atoms with Crippen molar-refractivity contribution in [2.75, 3.05) is 11.9 Å². The summed E-state index contributed by atoms with van der Waals surface area (Å²) in [5.41, 5.74) is 3.09. The van der Waals surface area contributed by atoms with Crippen LogP contribution in [0.2, 0.25) is 10.0 Å². The van der Waals surface area contributed by atoms with Crippen LogP contribution in [0, 0.1) is 0 Å². The van der Waals surface area contributed by atoms with E-state index in [1.165, 1.54) is 11.6 Å². The van der Waals surface area contributed by atoms with E-state index in [-0.39, 0.29) is 11.8 Å². The zero-order valence-electron chi connectivity index (χ0n) is 14.1.